The van der Waals surface area contributed by atoms with Crippen LogP contribution in [0.15, 0.2) is 12.2 Å². The van der Waals surface area contributed by atoms with Crippen LogP contribution in [0.25, 0.3) is 0 Å². The molecule has 0 rings (SSSR count). The topological polar surface area (TPSA) is 29.3 Å². The summed E-state index contributed by atoms with van der Waals surface area (Å²) in [6.07, 6.45) is 1.03. The van der Waals surface area contributed by atoms with Gasteiger partial charge in [0.1, 0.15) is 0 Å². The van der Waals surface area contributed by atoms with Crippen LogP contribution < -0.4 is 5.84 Å². The third-order valence-corrected chi connectivity index (χ3v) is 3.16. The summed E-state index contributed by atoms with van der Waals surface area (Å²) in [6.45, 7) is 16.6. The van der Waals surface area contributed by atoms with Gasteiger partial charge >= 0.3 is 0 Å². The van der Waals surface area contributed by atoms with E-state index < -0.39 is 0 Å². The predicted octanol–water partition coefficient (Wildman–Crippen LogP) is 2.71. The maximum Gasteiger partial charge on any atom is 0.0504 e. The van der Waals surface area contributed by atoms with Gasteiger partial charge in [-0.2, -0.15) is 0 Å². The SMILES string of the molecule is C=C(C)C(C)(C)N(N)C(C)(C)CC. The molecular formula is C11H24N2. The lowest BCUT2D eigenvalue weighted by molar-refractivity contribution is 0.0340. The van der Waals surface area contributed by atoms with Crippen LogP contribution in [0, 0.1) is 0 Å². The van der Waals surface area contributed by atoms with E-state index in [0.29, 0.717) is 0 Å². The van der Waals surface area contributed by atoms with Crippen molar-refractivity contribution in [2.75, 3.05) is 0 Å². The Morgan fingerprint density at radius 3 is 1.92 bits per heavy atom. The molecular weight excluding hydrogens is 160 g/mol. The smallest absolute Gasteiger partial charge is 0.0504 e. The molecule has 0 aromatic heterocycles. The maximum absolute atomic E-state index is 6.11. The van der Waals surface area contributed by atoms with Gasteiger partial charge in [0.25, 0.3) is 0 Å². The normalized spacial score (nSPS) is 13.5. The van der Waals surface area contributed by atoms with Gasteiger partial charge in [0.2, 0.25) is 0 Å². The first-order valence-corrected chi connectivity index (χ1v) is 4.87. The van der Waals surface area contributed by atoms with Crippen LogP contribution in [0.3, 0.4) is 0 Å². The van der Waals surface area contributed by atoms with Crippen molar-refractivity contribution in [3.8, 4) is 0 Å². The molecule has 2 N–H and O–H groups in total. The van der Waals surface area contributed by atoms with E-state index >= 15 is 0 Å². The largest absolute Gasteiger partial charge is 0.267 e. The number of hydrogen-bond donors (Lipinski definition) is 1. The minimum absolute atomic E-state index is 0.0163. The lowest BCUT2D eigenvalue weighted by Gasteiger charge is -2.45. The Morgan fingerprint density at radius 1 is 1.31 bits per heavy atom. The molecule has 0 heterocycles. The van der Waals surface area contributed by atoms with E-state index in [1.165, 1.54) is 0 Å². The van der Waals surface area contributed by atoms with Gasteiger partial charge in [0, 0.05) is 5.54 Å². The molecule has 0 atom stereocenters. The van der Waals surface area contributed by atoms with E-state index in [1.54, 1.807) is 0 Å². The summed E-state index contributed by atoms with van der Waals surface area (Å²) in [5.41, 5.74) is 0.971. The van der Waals surface area contributed by atoms with Crippen molar-refractivity contribution in [2.45, 2.75) is 59.0 Å². The molecule has 0 unspecified atom stereocenters. The number of hydrogen-bond acceptors (Lipinski definition) is 2. The second-order valence-corrected chi connectivity index (χ2v) is 4.88. The minimum atomic E-state index is -0.139. The maximum atomic E-state index is 6.11. The highest BCUT2D eigenvalue weighted by Crippen LogP contribution is 2.28. The third kappa shape index (κ3) is 2.55. The monoisotopic (exact) mass is 184 g/mol. The van der Waals surface area contributed by atoms with E-state index in [9.17, 15) is 0 Å². The summed E-state index contributed by atoms with van der Waals surface area (Å²) in [6, 6.07) is 0. The lowest BCUT2D eigenvalue weighted by atomic mass is 9.89. The predicted molar refractivity (Wildman–Crippen MR) is 59.3 cm³/mol. The zero-order valence-electron chi connectivity index (χ0n) is 9.94. The van der Waals surface area contributed by atoms with Gasteiger partial charge < -0.3 is 0 Å². The molecule has 0 aromatic rings. The average Bonchev–Trinajstić information content (AvgIpc) is 2.02. The molecule has 0 aromatic carbocycles. The summed E-state index contributed by atoms with van der Waals surface area (Å²) < 4.78 is 0. The summed E-state index contributed by atoms with van der Waals surface area (Å²) in [5.74, 6) is 6.11. The van der Waals surface area contributed by atoms with Crippen molar-refractivity contribution >= 4 is 0 Å². The van der Waals surface area contributed by atoms with Crippen LogP contribution >= 0.6 is 0 Å². The van der Waals surface area contributed by atoms with Crippen molar-refractivity contribution < 1.29 is 0 Å². The van der Waals surface area contributed by atoms with E-state index in [1.807, 2.05) is 11.9 Å². The number of hydrazine groups is 1. The van der Waals surface area contributed by atoms with Gasteiger partial charge in [-0.25, -0.2) is 5.01 Å². The molecule has 0 aliphatic rings. The first-order chi connectivity index (χ1) is 5.66. The highest BCUT2D eigenvalue weighted by Gasteiger charge is 2.34. The Morgan fingerprint density at radius 2 is 1.69 bits per heavy atom. The van der Waals surface area contributed by atoms with Gasteiger partial charge in [-0.05, 0) is 41.0 Å². The fourth-order valence-corrected chi connectivity index (χ4v) is 1.13. The highest BCUT2D eigenvalue weighted by molar-refractivity contribution is 5.11. The highest BCUT2D eigenvalue weighted by atomic mass is 15.5. The van der Waals surface area contributed by atoms with Crippen molar-refractivity contribution in [2.24, 2.45) is 5.84 Å². The zero-order valence-corrected chi connectivity index (χ0v) is 9.94. The Balaban J connectivity index is 4.78. The first-order valence-electron chi connectivity index (χ1n) is 4.87. The van der Waals surface area contributed by atoms with Crippen LogP contribution in [0.1, 0.15) is 48.0 Å². The molecule has 2 heteroatoms. The molecule has 0 aliphatic heterocycles. The molecule has 0 fully saturated rings. The van der Waals surface area contributed by atoms with Crippen LogP contribution in [0.4, 0.5) is 0 Å². The van der Waals surface area contributed by atoms with Gasteiger partial charge in [-0.1, -0.05) is 19.1 Å². The van der Waals surface area contributed by atoms with Gasteiger partial charge in [-0.15, -0.1) is 0 Å². The van der Waals surface area contributed by atoms with Gasteiger partial charge in [0.15, 0.2) is 0 Å². The molecule has 0 radical (unpaired) electrons. The minimum Gasteiger partial charge on any atom is -0.267 e. The van der Waals surface area contributed by atoms with Crippen molar-refractivity contribution in [3.05, 3.63) is 12.2 Å². The molecule has 0 spiro atoms. The van der Waals surface area contributed by atoms with Gasteiger partial charge in [0.05, 0.1) is 5.54 Å². The summed E-state index contributed by atoms with van der Waals surface area (Å²) in [4.78, 5) is 0. The number of rotatable bonds is 4. The molecule has 0 aliphatic carbocycles. The van der Waals surface area contributed by atoms with Crippen LogP contribution in [0.5, 0.6) is 0 Å². The quantitative estimate of drug-likeness (QED) is 0.413. The van der Waals surface area contributed by atoms with E-state index in [0.717, 1.165) is 12.0 Å². The second kappa shape index (κ2) is 3.81. The van der Waals surface area contributed by atoms with Crippen molar-refractivity contribution in [1.29, 1.82) is 0 Å². The Labute approximate surface area is 82.8 Å². The molecule has 2 nitrogen and oxygen atoms in total. The summed E-state index contributed by atoms with van der Waals surface area (Å²) in [5, 5.41) is 1.91. The van der Waals surface area contributed by atoms with E-state index in [2.05, 4.69) is 41.2 Å². The third-order valence-electron chi connectivity index (χ3n) is 3.16. The van der Waals surface area contributed by atoms with E-state index in [-0.39, 0.29) is 11.1 Å². The fourth-order valence-electron chi connectivity index (χ4n) is 1.13. The van der Waals surface area contributed by atoms with Crippen LogP contribution in [0.2, 0.25) is 0 Å². The first kappa shape index (κ1) is 12.7. The van der Waals surface area contributed by atoms with E-state index in [4.69, 9.17) is 5.84 Å². The van der Waals surface area contributed by atoms with Crippen LogP contribution in [-0.4, -0.2) is 16.1 Å². The standard InChI is InChI=1S/C11H24N2/c1-8-10(4,5)13(12)11(6,7)9(2)3/h2,8,12H2,1,3-7H3. The Kier molecular flexibility index (Phi) is 3.71. The fraction of sp³-hybridized carbons (Fsp3) is 0.818. The molecule has 78 valence electrons. The van der Waals surface area contributed by atoms with Crippen LogP contribution in [-0.2, 0) is 0 Å². The Hall–Kier alpha value is -0.340. The second-order valence-electron chi connectivity index (χ2n) is 4.88. The number of nitrogens with zero attached hydrogens (tertiary/aromatic N) is 1. The van der Waals surface area contributed by atoms with Gasteiger partial charge in [-0.3, -0.25) is 5.84 Å². The molecule has 0 saturated carbocycles. The summed E-state index contributed by atoms with van der Waals surface area (Å²) >= 11 is 0. The lowest BCUT2D eigenvalue weighted by Crippen LogP contribution is -2.59. The van der Waals surface area contributed by atoms with Crippen molar-refractivity contribution in [1.82, 2.24) is 5.01 Å². The Bertz CT molecular complexity index is 192. The molecule has 0 saturated heterocycles. The summed E-state index contributed by atoms with van der Waals surface area (Å²) in [7, 11) is 0. The molecule has 0 bridgehead atoms. The van der Waals surface area contributed by atoms with Crippen molar-refractivity contribution in [3.63, 3.8) is 0 Å². The zero-order chi connectivity index (χ0) is 10.9. The average molecular weight is 184 g/mol. The molecule has 0 amide bonds. The number of nitrogens with two attached hydrogens (primary N) is 1. The molecule has 13 heavy (non-hydrogen) atoms.